The fraction of sp³-hybridized carbons (Fsp3) is 0.120. The van der Waals surface area contributed by atoms with Crippen molar-refractivity contribution in [2.45, 2.75) is 13.5 Å². The van der Waals surface area contributed by atoms with Crippen LogP contribution < -0.4 is 14.8 Å². The summed E-state index contributed by atoms with van der Waals surface area (Å²) in [5.41, 5.74) is 2.39. The Morgan fingerprint density at radius 3 is 2.48 bits per heavy atom. The number of anilines is 1. The molecule has 0 spiro atoms. The number of nitrogens with zero attached hydrogens (tertiary/aromatic N) is 1. The van der Waals surface area contributed by atoms with Gasteiger partial charge in [0, 0.05) is 5.56 Å². The number of hydrogen-bond acceptors (Lipinski definition) is 4. The number of amides is 1. The Bertz CT molecular complexity index is 1250. The average Bonchev–Trinajstić information content (AvgIpc) is 2.80. The van der Waals surface area contributed by atoms with Gasteiger partial charge in [0.25, 0.3) is 5.91 Å². The number of para-hydroxylation sites is 2. The molecule has 0 aliphatic rings. The van der Waals surface area contributed by atoms with E-state index in [2.05, 4.69) is 5.32 Å². The quantitative estimate of drug-likeness (QED) is 0.277. The second kappa shape index (κ2) is 11.1. The molecule has 0 bridgehead atoms. The molecule has 3 aromatic rings. The molecule has 0 unspecified atom stereocenters. The van der Waals surface area contributed by atoms with Crippen LogP contribution >= 0.6 is 34.8 Å². The summed E-state index contributed by atoms with van der Waals surface area (Å²) in [6.07, 6.45) is 1.44. The van der Waals surface area contributed by atoms with Crippen LogP contribution in [-0.2, 0) is 11.4 Å². The van der Waals surface area contributed by atoms with E-state index in [9.17, 15) is 10.1 Å². The molecule has 168 valence electrons. The number of nitrogens with one attached hydrogen (secondary N) is 1. The first-order valence-electron chi connectivity index (χ1n) is 9.76. The molecule has 0 radical (unpaired) electrons. The van der Waals surface area contributed by atoms with E-state index in [1.165, 1.54) is 13.2 Å². The van der Waals surface area contributed by atoms with Gasteiger partial charge in [-0.15, -0.1) is 0 Å². The normalized spacial score (nSPS) is 11.0. The van der Waals surface area contributed by atoms with Crippen molar-refractivity contribution in [3.05, 3.63) is 91.9 Å². The van der Waals surface area contributed by atoms with Crippen LogP contribution in [0.2, 0.25) is 15.1 Å². The van der Waals surface area contributed by atoms with Crippen molar-refractivity contribution in [1.29, 1.82) is 5.26 Å². The second-order valence-electron chi connectivity index (χ2n) is 6.97. The van der Waals surface area contributed by atoms with E-state index in [4.69, 9.17) is 44.3 Å². The Morgan fingerprint density at radius 1 is 1.06 bits per heavy atom. The number of nitriles is 1. The lowest BCUT2D eigenvalue weighted by Crippen LogP contribution is -2.14. The van der Waals surface area contributed by atoms with Gasteiger partial charge in [0.05, 0.1) is 27.9 Å². The summed E-state index contributed by atoms with van der Waals surface area (Å²) in [4.78, 5) is 12.8. The molecule has 33 heavy (non-hydrogen) atoms. The summed E-state index contributed by atoms with van der Waals surface area (Å²) >= 11 is 18.3. The number of ether oxygens (including phenoxy) is 2. The van der Waals surface area contributed by atoms with E-state index < -0.39 is 5.91 Å². The lowest BCUT2D eigenvalue weighted by molar-refractivity contribution is -0.112. The Hall–Kier alpha value is -3.17. The van der Waals surface area contributed by atoms with Crippen molar-refractivity contribution in [2.24, 2.45) is 0 Å². The minimum absolute atomic E-state index is 0.123. The third-order valence-electron chi connectivity index (χ3n) is 4.72. The molecule has 0 saturated carbocycles. The van der Waals surface area contributed by atoms with Crippen LogP contribution in [0.4, 0.5) is 5.69 Å². The summed E-state index contributed by atoms with van der Waals surface area (Å²) in [5, 5.41) is 13.6. The lowest BCUT2D eigenvalue weighted by atomic mass is 10.1. The fourth-order valence-corrected chi connectivity index (χ4v) is 3.61. The van der Waals surface area contributed by atoms with Crippen molar-refractivity contribution < 1.29 is 14.3 Å². The topological polar surface area (TPSA) is 71.3 Å². The highest BCUT2D eigenvalue weighted by Crippen LogP contribution is 2.34. The average molecular weight is 502 g/mol. The lowest BCUT2D eigenvalue weighted by Gasteiger charge is -2.14. The largest absolute Gasteiger partial charge is 0.493 e. The molecule has 0 aliphatic carbocycles. The number of benzene rings is 3. The van der Waals surface area contributed by atoms with Gasteiger partial charge in [0.1, 0.15) is 18.2 Å². The summed E-state index contributed by atoms with van der Waals surface area (Å²) in [7, 11) is 1.51. The zero-order valence-electron chi connectivity index (χ0n) is 17.8. The Kier molecular flexibility index (Phi) is 8.24. The summed E-state index contributed by atoms with van der Waals surface area (Å²) < 4.78 is 11.4. The Labute approximate surface area is 207 Å². The highest BCUT2D eigenvalue weighted by molar-refractivity contribution is 6.42. The number of methoxy groups -OCH3 is 1. The molecule has 0 atom stereocenters. The third-order valence-corrected chi connectivity index (χ3v) is 5.78. The molecule has 5 nitrogen and oxygen atoms in total. The smallest absolute Gasteiger partial charge is 0.266 e. The molecule has 3 rings (SSSR count). The zero-order chi connectivity index (χ0) is 24.0. The number of aryl methyl sites for hydroxylation is 1. The van der Waals surface area contributed by atoms with Gasteiger partial charge in [-0.2, -0.15) is 5.26 Å². The number of carbonyl (C=O) groups excluding carboxylic acids is 1. The predicted octanol–water partition coefficient (Wildman–Crippen LogP) is 7.09. The van der Waals surface area contributed by atoms with Crippen LogP contribution in [0, 0.1) is 18.3 Å². The van der Waals surface area contributed by atoms with Crippen molar-refractivity contribution in [3.8, 4) is 17.6 Å². The van der Waals surface area contributed by atoms with Gasteiger partial charge < -0.3 is 14.8 Å². The molecular weight excluding hydrogens is 483 g/mol. The maximum absolute atomic E-state index is 12.8. The van der Waals surface area contributed by atoms with E-state index in [0.29, 0.717) is 37.8 Å². The SMILES string of the molecule is COc1cccc(/C=C(\C#N)C(=O)Nc2c(C)cccc2Cl)c1OCc1ccc(Cl)c(Cl)c1. The maximum atomic E-state index is 12.8. The van der Waals surface area contributed by atoms with Crippen LogP contribution in [-0.4, -0.2) is 13.0 Å². The van der Waals surface area contributed by atoms with E-state index in [1.807, 2.05) is 19.1 Å². The maximum Gasteiger partial charge on any atom is 0.266 e. The van der Waals surface area contributed by atoms with Gasteiger partial charge in [0.15, 0.2) is 11.5 Å². The molecule has 1 amide bonds. The van der Waals surface area contributed by atoms with Gasteiger partial charge in [-0.1, -0.05) is 65.1 Å². The molecule has 0 heterocycles. The predicted molar refractivity (Wildman–Crippen MR) is 132 cm³/mol. The monoisotopic (exact) mass is 500 g/mol. The number of hydrogen-bond donors (Lipinski definition) is 1. The second-order valence-corrected chi connectivity index (χ2v) is 8.19. The fourth-order valence-electron chi connectivity index (χ4n) is 3.02. The van der Waals surface area contributed by atoms with Crippen molar-refractivity contribution in [1.82, 2.24) is 0 Å². The Balaban J connectivity index is 1.91. The van der Waals surface area contributed by atoms with Crippen LogP contribution in [0.3, 0.4) is 0 Å². The van der Waals surface area contributed by atoms with E-state index >= 15 is 0 Å². The van der Waals surface area contributed by atoms with E-state index in [1.54, 1.807) is 48.5 Å². The molecule has 8 heteroatoms. The van der Waals surface area contributed by atoms with Gasteiger partial charge in [0.2, 0.25) is 0 Å². The minimum Gasteiger partial charge on any atom is -0.493 e. The molecule has 3 aromatic carbocycles. The Morgan fingerprint density at radius 2 is 1.82 bits per heavy atom. The van der Waals surface area contributed by atoms with Crippen molar-refractivity contribution in [2.75, 3.05) is 12.4 Å². The first-order chi connectivity index (χ1) is 15.8. The van der Waals surface area contributed by atoms with E-state index in [0.717, 1.165) is 11.1 Å². The third kappa shape index (κ3) is 6.00. The highest BCUT2D eigenvalue weighted by atomic mass is 35.5. The number of carbonyl (C=O) groups is 1. The van der Waals surface area contributed by atoms with Gasteiger partial charge in [-0.05, 0) is 48.4 Å². The summed E-state index contributed by atoms with van der Waals surface area (Å²) in [6.45, 7) is 1.99. The number of rotatable bonds is 7. The minimum atomic E-state index is -0.591. The molecule has 0 aromatic heterocycles. The standard InChI is InChI=1S/C25H19Cl3N2O3/c1-15-5-3-7-20(27)23(15)30-25(31)18(13-29)12-17-6-4-8-22(32-2)24(17)33-14-16-9-10-19(26)21(28)11-16/h3-12H,14H2,1-2H3,(H,30,31)/b18-12+. The molecule has 1 N–H and O–H groups in total. The van der Waals surface area contributed by atoms with Crippen LogP contribution in [0.15, 0.2) is 60.2 Å². The van der Waals surface area contributed by atoms with Crippen molar-refractivity contribution in [3.63, 3.8) is 0 Å². The summed E-state index contributed by atoms with van der Waals surface area (Å²) in [5.74, 6) is 0.232. The van der Waals surface area contributed by atoms with Gasteiger partial charge >= 0.3 is 0 Å². The first-order valence-corrected chi connectivity index (χ1v) is 10.9. The van der Waals surface area contributed by atoms with Crippen LogP contribution in [0.1, 0.15) is 16.7 Å². The van der Waals surface area contributed by atoms with E-state index in [-0.39, 0.29) is 12.2 Å². The molecule has 0 aliphatic heterocycles. The molecule has 0 fully saturated rings. The van der Waals surface area contributed by atoms with Gasteiger partial charge in [-0.25, -0.2) is 0 Å². The number of halogens is 3. The molecule has 0 saturated heterocycles. The molecular formula is C25H19Cl3N2O3. The zero-order valence-corrected chi connectivity index (χ0v) is 20.1. The highest BCUT2D eigenvalue weighted by Gasteiger charge is 2.16. The van der Waals surface area contributed by atoms with Gasteiger partial charge in [-0.3, -0.25) is 4.79 Å². The van der Waals surface area contributed by atoms with Crippen LogP contribution in [0.25, 0.3) is 6.08 Å². The van der Waals surface area contributed by atoms with Crippen LogP contribution in [0.5, 0.6) is 11.5 Å². The summed E-state index contributed by atoms with van der Waals surface area (Å²) in [6, 6.07) is 17.6. The first kappa shape index (κ1) is 24.5. The van der Waals surface area contributed by atoms with Crippen molar-refractivity contribution >= 4 is 52.5 Å².